The minimum absolute atomic E-state index is 0. The number of rotatable bonds is 6. The molecule has 0 atom stereocenters. The summed E-state index contributed by atoms with van der Waals surface area (Å²) in [6.45, 7) is 0.181. The highest BCUT2D eigenvalue weighted by Crippen LogP contribution is 2.29. The maximum atomic E-state index is 14.3. The predicted molar refractivity (Wildman–Crippen MR) is 105 cm³/mol. The Morgan fingerprint density at radius 3 is 2.48 bits per heavy atom. The van der Waals surface area contributed by atoms with E-state index in [1.54, 1.807) is 43.4 Å². The Balaban J connectivity index is 0.00000261. The van der Waals surface area contributed by atoms with Crippen LogP contribution in [0.15, 0.2) is 65.7 Å². The zero-order chi connectivity index (χ0) is 18.7. The Morgan fingerprint density at radius 2 is 1.81 bits per heavy atom. The zero-order valence-corrected chi connectivity index (χ0v) is 16.2. The molecule has 0 saturated carbocycles. The summed E-state index contributed by atoms with van der Waals surface area (Å²) in [6.07, 6.45) is 1.49. The molecule has 0 unspecified atom stereocenters. The standard InChI is InChI=1S/C19H19FN2O3S.ClH/c1-21-11-15-10-19(17-7-2-3-8-18(17)20)22(12-15)26(24,25)16-6-4-5-14(9-16)13-23;/h2-10,12,21,23H,11,13H2,1H3;1H. The first-order chi connectivity index (χ1) is 12.5. The molecular formula is C19H20ClFN2O3S. The molecule has 0 spiro atoms. The molecule has 2 aromatic carbocycles. The van der Waals surface area contributed by atoms with Crippen LogP contribution in [0.2, 0.25) is 0 Å². The predicted octanol–water partition coefficient (Wildman–Crippen LogP) is 3.16. The van der Waals surface area contributed by atoms with Gasteiger partial charge in [-0.2, -0.15) is 0 Å². The van der Waals surface area contributed by atoms with E-state index in [0.29, 0.717) is 17.7 Å². The molecule has 0 aliphatic rings. The van der Waals surface area contributed by atoms with Crippen molar-refractivity contribution in [2.75, 3.05) is 7.05 Å². The lowest BCUT2D eigenvalue weighted by atomic mass is 10.1. The van der Waals surface area contributed by atoms with Gasteiger partial charge in [-0.05, 0) is 48.5 Å². The van der Waals surface area contributed by atoms with Gasteiger partial charge in [0.1, 0.15) is 5.82 Å². The van der Waals surface area contributed by atoms with E-state index in [-0.39, 0.29) is 35.2 Å². The van der Waals surface area contributed by atoms with E-state index < -0.39 is 15.8 Å². The number of nitrogens with zero attached hydrogens (tertiary/aromatic N) is 1. The van der Waals surface area contributed by atoms with Crippen molar-refractivity contribution in [3.63, 3.8) is 0 Å². The molecule has 0 aliphatic carbocycles. The molecule has 1 aromatic heterocycles. The monoisotopic (exact) mass is 410 g/mol. The first kappa shape index (κ1) is 21.1. The summed E-state index contributed by atoms with van der Waals surface area (Å²) in [7, 11) is -2.20. The number of aromatic nitrogens is 1. The van der Waals surface area contributed by atoms with E-state index in [4.69, 9.17) is 0 Å². The van der Waals surface area contributed by atoms with Gasteiger partial charge in [0.2, 0.25) is 0 Å². The number of hydrogen-bond donors (Lipinski definition) is 2. The number of aliphatic hydroxyl groups is 1. The summed E-state index contributed by atoms with van der Waals surface area (Å²) >= 11 is 0. The molecule has 0 fully saturated rings. The Kier molecular flexibility index (Phi) is 6.78. The molecule has 0 saturated heterocycles. The normalized spacial score (nSPS) is 11.2. The lowest BCUT2D eigenvalue weighted by Crippen LogP contribution is -2.14. The van der Waals surface area contributed by atoms with Crippen LogP contribution in [-0.4, -0.2) is 24.5 Å². The molecule has 5 nitrogen and oxygen atoms in total. The summed E-state index contributed by atoms with van der Waals surface area (Å²) in [5.74, 6) is -0.498. The topological polar surface area (TPSA) is 71.3 Å². The molecule has 27 heavy (non-hydrogen) atoms. The molecule has 3 rings (SSSR count). The van der Waals surface area contributed by atoms with E-state index in [1.807, 2.05) is 0 Å². The Hall–Kier alpha value is -2.19. The average molecular weight is 411 g/mol. The van der Waals surface area contributed by atoms with Gasteiger partial charge in [0.25, 0.3) is 10.0 Å². The second-order valence-electron chi connectivity index (χ2n) is 5.85. The maximum Gasteiger partial charge on any atom is 0.268 e. The molecule has 8 heteroatoms. The number of benzene rings is 2. The smallest absolute Gasteiger partial charge is 0.268 e. The van der Waals surface area contributed by atoms with Gasteiger partial charge in [0.05, 0.1) is 17.2 Å². The van der Waals surface area contributed by atoms with Crippen molar-refractivity contribution in [1.82, 2.24) is 9.29 Å². The van der Waals surface area contributed by atoms with Crippen LogP contribution in [0.25, 0.3) is 11.3 Å². The maximum absolute atomic E-state index is 14.3. The Bertz CT molecular complexity index is 1030. The highest BCUT2D eigenvalue weighted by molar-refractivity contribution is 7.90. The van der Waals surface area contributed by atoms with Crippen LogP contribution in [0.5, 0.6) is 0 Å². The third-order valence-electron chi connectivity index (χ3n) is 4.01. The molecular weight excluding hydrogens is 391 g/mol. The van der Waals surface area contributed by atoms with Crippen molar-refractivity contribution in [2.45, 2.75) is 18.0 Å². The fourth-order valence-electron chi connectivity index (χ4n) is 2.78. The second-order valence-corrected chi connectivity index (χ2v) is 7.67. The van der Waals surface area contributed by atoms with E-state index in [0.717, 1.165) is 3.97 Å². The Morgan fingerprint density at radius 1 is 1.07 bits per heavy atom. The van der Waals surface area contributed by atoms with Crippen LogP contribution in [0.1, 0.15) is 11.1 Å². The van der Waals surface area contributed by atoms with Crippen molar-refractivity contribution in [2.24, 2.45) is 0 Å². The SMILES string of the molecule is CNCc1cc(-c2ccccc2F)n(S(=O)(=O)c2cccc(CO)c2)c1.Cl. The van der Waals surface area contributed by atoms with Crippen molar-refractivity contribution < 1.29 is 17.9 Å². The number of aliphatic hydroxyl groups excluding tert-OH is 1. The molecule has 0 bridgehead atoms. The van der Waals surface area contributed by atoms with Crippen molar-refractivity contribution >= 4 is 22.4 Å². The molecule has 2 N–H and O–H groups in total. The van der Waals surface area contributed by atoms with Crippen LogP contribution in [-0.2, 0) is 23.2 Å². The van der Waals surface area contributed by atoms with Gasteiger partial charge in [-0.1, -0.05) is 24.3 Å². The summed E-state index contributed by atoms with van der Waals surface area (Å²) in [5.41, 5.74) is 1.66. The minimum atomic E-state index is -3.95. The lowest BCUT2D eigenvalue weighted by Gasteiger charge is -2.12. The fourth-order valence-corrected chi connectivity index (χ4v) is 4.24. The van der Waals surface area contributed by atoms with E-state index in [2.05, 4.69) is 5.32 Å². The molecule has 144 valence electrons. The lowest BCUT2D eigenvalue weighted by molar-refractivity contribution is 0.281. The van der Waals surface area contributed by atoms with E-state index >= 15 is 0 Å². The molecule has 0 amide bonds. The fraction of sp³-hybridized carbons (Fsp3) is 0.158. The number of hydrogen-bond acceptors (Lipinski definition) is 4. The van der Waals surface area contributed by atoms with Crippen LogP contribution in [0, 0.1) is 5.82 Å². The van der Waals surface area contributed by atoms with E-state index in [1.165, 1.54) is 24.4 Å². The number of halogens is 2. The first-order valence-electron chi connectivity index (χ1n) is 8.03. The molecule has 0 aliphatic heterocycles. The summed E-state index contributed by atoms with van der Waals surface area (Å²) in [5, 5.41) is 12.2. The van der Waals surface area contributed by atoms with Gasteiger partial charge >= 0.3 is 0 Å². The molecule has 1 heterocycles. The van der Waals surface area contributed by atoms with Gasteiger partial charge in [0, 0.05) is 18.3 Å². The van der Waals surface area contributed by atoms with Crippen LogP contribution >= 0.6 is 12.4 Å². The highest BCUT2D eigenvalue weighted by atomic mass is 35.5. The number of nitrogens with one attached hydrogen (secondary N) is 1. The Labute approximate surface area is 163 Å². The first-order valence-corrected chi connectivity index (χ1v) is 9.47. The van der Waals surface area contributed by atoms with Crippen LogP contribution in [0.4, 0.5) is 4.39 Å². The summed E-state index contributed by atoms with van der Waals surface area (Å²) in [4.78, 5) is 0.0354. The zero-order valence-electron chi connectivity index (χ0n) is 14.6. The quantitative estimate of drug-likeness (QED) is 0.654. The van der Waals surface area contributed by atoms with Crippen molar-refractivity contribution in [3.05, 3.63) is 77.7 Å². The van der Waals surface area contributed by atoms with Gasteiger partial charge < -0.3 is 10.4 Å². The van der Waals surface area contributed by atoms with Crippen LogP contribution < -0.4 is 5.32 Å². The molecule has 0 radical (unpaired) electrons. The third kappa shape index (κ3) is 4.22. The van der Waals surface area contributed by atoms with Gasteiger partial charge in [-0.15, -0.1) is 12.4 Å². The molecule has 3 aromatic rings. The largest absolute Gasteiger partial charge is 0.392 e. The van der Waals surface area contributed by atoms with Crippen molar-refractivity contribution in [1.29, 1.82) is 0 Å². The van der Waals surface area contributed by atoms with Crippen LogP contribution in [0.3, 0.4) is 0 Å². The highest BCUT2D eigenvalue weighted by Gasteiger charge is 2.23. The summed E-state index contributed by atoms with van der Waals surface area (Å²) < 4.78 is 41.7. The average Bonchev–Trinajstić information content (AvgIpc) is 3.07. The van der Waals surface area contributed by atoms with Gasteiger partial charge in [-0.25, -0.2) is 16.8 Å². The van der Waals surface area contributed by atoms with Gasteiger partial charge in [-0.3, -0.25) is 0 Å². The third-order valence-corrected chi connectivity index (χ3v) is 5.68. The minimum Gasteiger partial charge on any atom is -0.392 e. The van der Waals surface area contributed by atoms with Crippen molar-refractivity contribution in [3.8, 4) is 11.3 Å². The van der Waals surface area contributed by atoms with Gasteiger partial charge in [0.15, 0.2) is 0 Å². The van der Waals surface area contributed by atoms with E-state index in [9.17, 15) is 17.9 Å². The second kappa shape index (κ2) is 8.67. The summed E-state index contributed by atoms with van der Waals surface area (Å²) in [6, 6.07) is 13.8.